The maximum Gasteiger partial charge on any atom is 0.495 e. The average Bonchev–Trinajstić information content (AvgIpc) is 2.99. The van der Waals surface area contributed by atoms with Crippen LogP contribution in [0.3, 0.4) is 0 Å². The molecule has 1 aliphatic heterocycles. The third-order valence-corrected chi connectivity index (χ3v) is 4.62. The van der Waals surface area contributed by atoms with E-state index in [9.17, 15) is 4.39 Å². The van der Waals surface area contributed by atoms with Crippen molar-refractivity contribution in [1.82, 2.24) is 0 Å². The molecular weight excluding hydrogens is 242 g/mol. The third-order valence-electron chi connectivity index (χ3n) is 4.62. The van der Waals surface area contributed by atoms with Gasteiger partial charge in [0, 0.05) is 5.92 Å². The summed E-state index contributed by atoms with van der Waals surface area (Å²) in [6.07, 6.45) is -0.0835. The molecule has 1 aromatic carbocycles. The molecule has 0 N–H and O–H groups in total. The minimum absolute atomic E-state index is 0.0234. The first-order chi connectivity index (χ1) is 8.82. The van der Waals surface area contributed by atoms with E-state index < -0.39 is 13.3 Å². The van der Waals surface area contributed by atoms with Crippen molar-refractivity contribution in [3.63, 3.8) is 0 Å². The molecule has 102 valence electrons. The number of halogens is 1. The second-order valence-electron chi connectivity index (χ2n) is 6.58. The largest absolute Gasteiger partial charge is 0.495 e. The van der Waals surface area contributed by atoms with Crippen molar-refractivity contribution >= 4 is 12.6 Å². The van der Waals surface area contributed by atoms with Gasteiger partial charge in [0.15, 0.2) is 0 Å². The lowest BCUT2D eigenvalue weighted by molar-refractivity contribution is 0.00578. The topological polar surface area (TPSA) is 18.5 Å². The minimum Gasteiger partial charge on any atom is -0.399 e. The van der Waals surface area contributed by atoms with Crippen LogP contribution in [0.5, 0.6) is 0 Å². The molecule has 2 fully saturated rings. The van der Waals surface area contributed by atoms with Gasteiger partial charge in [0.25, 0.3) is 0 Å². The molecule has 2 atom stereocenters. The van der Waals surface area contributed by atoms with E-state index in [4.69, 9.17) is 9.31 Å². The highest BCUT2D eigenvalue weighted by Crippen LogP contribution is 2.44. The van der Waals surface area contributed by atoms with Crippen LogP contribution in [0.25, 0.3) is 0 Å². The second kappa shape index (κ2) is 4.06. The molecule has 19 heavy (non-hydrogen) atoms. The van der Waals surface area contributed by atoms with Gasteiger partial charge in [-0.05, 0) is 45.1 Å². The fourth-order valence-corrected chi connectivity index (χ4v) is 2.52. The fraction of sp³-hybridized carbons (Fsp3) is 0.600. The SMILES string of the molecule is CC1(C)OB(c2ccccc2C2CC2F)OC1(C)C. The zero-order chi connectivity index (χ0) is 13.8. The number of alkyl halides is 1. The minimum atomic E-state index is -0.705. The van der Waals surface area contributed by atoms with Gasteiger partial charge in [-0.15, -0.1) is 0 Å². The summed E-state index contributed by atoms with van der Waals surface area (Å²) < 4.78 is 25.5. The van der Waals surface area contributed by atoms with Crippen molar-refractivity contribution < 1.29 is 13.7 Å². The molecule has 0 spiro atoms. The van der Waals surface area contributed by atoms with Crippen molar-refractivity contribution in [3.05, 3.63) is 29.8 Å². The summed E-state index contributed by atoms with van der Waals surface area (Å²) in [5.41, 5.74) is 1.30. The molecule has 0 bridgehead atoms. The second-order valence-corrected chi connectivity index (χ2v) is 6.58. The molecule has 2 aliphatic rings. The Morgan fingerprint density at radius 3 is 2.16 bits per heavy atom. The van der Waals surface area contributed by atoms with Crippen LogP contribution in [0.15, 0.2) is 24.3 Å². The lowest BCUT2D eigenvalue weighted by Crippen LogP contribution is -2.41. The normalized spacial score (nSPS) is 31.5. The lowest BCUT2D eigenvalue weighted by Gasteiger charge is -2.32. The van der Waals surface area contributed by atoms with Crippen molar-refractivity contribution in [3.8, 4) is 0 Å². The lowest BCUT2D eigenvalue weighted by atomic mass is 9.75. The molecule has 1 saturated carbocycles. The smallest absolute Gasteiger partial charge is 0.399 e. The molecule has 2 unspecified atom stereocenters. The predicted molar refractivity (Wildman–Crippen MR) is 74.4 cm³/mol. The van der Waals surface area contributed by atoms with Gasteiger partial charge in [0.05, 0.1) is 11.2 Å². The Balaban J connectivity index is 1.92. The summed E-state index contributed by atoms with van der Waals surface area (Å²) in [5.74, 6) is 0.0234. The van der Waals surface area contributed by atoms with Gasteiger partial charge in [-0.2, -0.15) is 0 Å². The van der Waals surface area contributed by atoms with Crippen LogP contribution in [0.2, 0.25) is 0 Å². The molecule has 1 saturated heterocycles. The van der Waals surface area contributed by atoms with Gasteiger partial charge in [-0.3, -0.25) is 0 Å². The Labute approximate surface area is 114 Å². The molecule has 0 aromatic heterocycles. The number of rotatable bonds is 2. The van der Waals surface area contributed by atoms with E-state index in [0.717, 1.165) is 11.0 Å². The van der Waals surface area contributed by atoms with Gasteiger partial charge < -0.3 is 9.31 Å². The summed E-state index contributed by atoms with van der Waals surface area (Å²) >= 11 is 0. The summed E-state index contributed by atoms with van der Waals surface area (Å²) in [5, 5.41) is 0. The highest BCUT2D eigenvalue weighted by atomic mass is 19.1. The molecular formula is C15H20BFO2. The third kappa shape index (κ3) is 2.11. The van der Waals surface area contributed by atoms with Gasteiger partial charge in [-0.25, -0.2) is 4.39 Å². The Kier molecular flexibility index (Phi) is 2.81. The van der Waals surface area contributed by atoms with E-state index in [0.29, 0.717) is 6.42 Å². The first-order valence-corrected chi connectivity index (χ1v) is 6.90. The fourth-order valence-electron chi connectivity index (χ4n) is 2.52. The maximum atomic E-state index is 13.4. The van der Waals surface area contributed by atoms with Crippen molar-refractivity contribution in [2.24, 2.45) is 0 Å². The van der Waals surface area contributed by atoms with Crippen molar-refractivity contribution in [1.29, 1.82) is 0 Å². The van der Waals surface area contributed by atoms with E-state index in [1.54, 1.807) is 0 Å². The Morgan fingerprint density at radius 2 is 1.63 bits per heavy atom. The highest BCUT2D eigenvalue weighted by Gasteiger charge is 2.53. The first kappa shape index (κ1) is 13.1. The van der Waals surface area contributed by atoms with Crippen molar-refractivity contribution in [2.75, 3.05) is 0 Å². The van der Waals surface area contributed by atoms with Crippen LogP contribution in [0, 0.1) is 0 Å². The summed E-state index contributed by atoms with van der Waals surface area (Å²) in [4.78, 5) is 0. The van der Waals surface area contributed by atoms with Crippen LogP contribution in [-0.2, 0) is 9.31 Å². The maximum absolute atomic E-state index is 13.4. The predicted octanol–water partition coefficient (Wildman–Crippen LogP) is 2.81. The van der Waals surface area contributed by atoms with Gasteiger partial charge in [0.1, 0.15) is 6.17 Å². The first-order valence-electron chi connectivity index (χ1n) is 6.90. The molecule has 0 radical (unpaired) electrons. The Morgan fingerprint density at radius 1 is 1.11 bits per heavy atom. The van der Waals surface area contributed by atoms with E-state index in [2.05, 4.69) is 0 Å². The number of hydrogen-bond donors (Lipinski definition) is 0. The molecule has 4 heteroatoms. The molecule has 1 heterocycles. The number of hydrogen-bond acceptors (Lipinski definition) is 2. The van der Waals surface area contributed by atoms with E-state index >= 15 is 0 Å². The van der Waals surface area contributed by atoms with Crippen LogP contribution >= 0.6 is 0 Å². The van der Waals surface area contributed by atoms with Gasteiger partial charge >= 0.3 is 7.12 Å². The van der Waals surface area contributed by atoms with Gasteiger partial charge in [0.2, 0.25) is 0 Å². The molecule has 3 rings (SSSR count). The van der Waals surface area contributed by atoms with Crippen LogP contribution in [0.4, 0.5) is 4.39 Å². The van der Waals surface area contributed by atoms with Crippen LogP contribution in [-0.4, -0.2) is 24.5 Å². The standard InChI is InChI=1S/C15H20BFO2/c1-14(2)15(3,4)19-16(18-14)12-8-6-5-7-10(12)11-9-13(11)17/h5-8,11,13H,9H2,1-4H3. The monoisotopic (exact) mass is 262 g/mol. The molecule has 1 aromatic rings. The average molecular weight is 262 g/mol. The Hall–Kier alpha value is -0.865. The van der Waals surface area contributed by atoms with Gasteiger partial charge in [-0.1, -0.05) is 24.3 Å². The summed E-state index contributed by atoms with van der Waals surface area (Å²) in [6, 6.07) is 7.89. The molecule has 2 nitrogen and oxygen atoms in total. The summed E-state index contributed by atoms with van der Waals surface area (Å²) in [7, 11) is -0.394. The zero-order valence-electron chi connectivity index (χ0n) is 11.9. The summed E-state index contributed by atoms with van der Waals surface area (Å²) in [6.45, 7) is 8.13. The van der Waals surface area contributed by atoms with Crippen molar-refractivity contribution in [2.45, 2.75) is 57.4 Å². The van der Waals surface area contributed by atoms with Crippen LogP contribution < -0.4 is 5.46 Å². The van der Waals surface area contributed by atoms with E-state index in [1.165, 1.54) is 0 Å². The molecule has 1 aliphatic carbocycles. The Bertz CT molecular complexity index is 485. The molecule has 0 amide bonds. The van der Waals surface area contributed by atoms with E-state index in [1.807, 2.05) is 52.0 Å². The highest BCUT2D eigenvalue weighted by molar-refractivity contribution is 6.62. The number of benzene rings is 1. The quantitative estimate of drug-likeness (QED) is 0.763. The zero-order valence-corrected chi connectivity index (χ0v) is 11.9. The van der Waals surface area contributed by atoms with E-state index in [-0.39, 0.29) is 17.1 Å². The van der Waals surface area contributed by atoms with Crippen LogP contribution in [0.1, 0.15) is 45.6 Å².